The van der Waals surface area contributed by atoms with E-state index >= 15 is 0 Å². The standard InChI is InChI=1S/C14H12Cl3NO/c15-10-1-3-13(9(7-10)5-6-18)19-14-4-2-11(16)8-12(14)17/h1-4,7-8H,5-6,18H2. The van der Waals surface area contributed by atoms with Crippen molar-refractivity contribution in [3.05, 3.63) is 57.0 Å². The highest BCUT2D eigenvalue weighted by Crippen LogP contribution is 2.34. The molecule has 0 aromatic heterocycles. The molecule has 5 heteroatoms. The molecule has 2 N–H and O–H groups in total. The van der Waals surface area contributed by atoms with Crippen LogP contribution in [0.4, 0.5) is 0 Å². The first-order chi connectivity index (χ1) is 9.10. The van der Waals surface area contributed by atoms with Gasteiger partial charge in [0.1, 0.15) is 11.5 Å². The molecule has 0 aliphatic rings. The Bertz CT molecular complexity index is 587. The molecule has 19 heavy (non-hydrogen) atoms. The van der Waals surface area contributed by atoms with Gasteiger partial charge < -0.3 is 10.5 Å². The van der Waals surface area contributed by atoms with E-state index in [4.69, 9.17) is 45.3 Å². The Kier molecular flexibility index (Phi) is 4.94. The molecule has 0 unspecified atom stereocenters. The minimum atomic E-state index is 0.459. The summed E-state index contributed by atoms with van der Waals surface area (Å²) in [5.41, 5.74) is 6.53. The molecular formula is C14H12Cl3NO. The van der Waals surface area contributed by atoms with Crippen molar-refractivity contribution in [2.75, 3.05) is 6.54 Å². The van der Waals surface area contributed by atoms with Crippen LogP contribution in [0.3, 0.4) is 0 Å². The average Bonchev–Trinajstić information content (AvgIpc) is 2.36. The normalized spacial score (nSPS) is 10.5. The Labute approximate surface area is 127 Å². The topological polar surface area (TPSA) is 35.2 Å². The highest BCUT2D eigenvalue weighted by Gasteiger charge is 2.08. The zero-order chi connectivity index (χ0) is 13.8. The predicted octanol–water partition coefficient (Wildman–Crippen LogP) is 4.94. The fourth-order valence-electron chi connectivity index (χ4n) is 1.67. The van der Waals surface area contributed by atoms with E-state index in [0.29, 0.717) is 39.5 Å². The maximum absolute atomic E-state index is 6.08. The maximum atomic E-state index is 6.08. The minimum Gasteiger partial charge on any atom is -0.456 e. The molecule has 0 saturated heterocycles. The summed E-state index contributed by atoms with van der Waals surface area (Å²) in [7, 11) is 0. The second-order valence-electron chi connectivity index (χ2n) is 3.97. The molecule has 0 spiro atoms. The number of halogens is 3. The van der Waals surface area contributed by atoms with Crippen LogP contribution in [-0.2, 0) is 6.42 Å². The first-order valence-corrected chi connectivity index (χ1v) is 6.85. The molecule has 2 aromatic rings. The Balaban J connectivity index is 2.32. The van der Waals surface area contributed by atoms with Gasteiger partial charge in [-0.3, -0.25) is 0 Å². The molecule has 0 fully saturated rings. The van der Waals surface area contributed by atoms with Crippen LogP contribution in [-0.4, -0.2) is 6.54 Å². The van der Waals surface area contributed by atoms with Gasteiger partial charge in [0.15, 0.2) is 0 Å². The van der Waals surface area contributed by atoms with E-state index in [0.717, 1.165) is 5.56 Å². The van der Waals surface area contributed by atoms with Crippen LogP contribution in [0.5, 0.6) is 11.5 Å². The first kappa shape index (κ1) is 14.5. The lowest BCUT2D eigenvalue weighted by molar-refractivity contribution is 0.476. The Morgan fingerprint density at radius 1 is 0.895 bits per heavy atom. The fraction of sp³-hybridized carbons (Fsp3) is 0.143. The molecular weight excluding hydrogens is 305 g/mol. The summed E-state index contributed by atoms with van der Waals surface area (Å²) >= 11 is 17.9. The van der Waals surface area contributed by atoms with Crippen LogP contribution in [0.2, 0.25) is 15.1 Å². The van der Waals surface area contributed by atoms with Gasteiger partial charge in [-0.15, -0.1) is 0 Å². The lowest BCUT2D eigenvalue weighted by Crippen LogP contribution is -2.04. The molecule has 2 aromatic carbocycles. The van der Waals surface area contributed by atoms with Crippen LogP contribution in [0.1, 0.15) is 5.56 Å². The monoisotopic (exact) mass is 315 g/mol. The van der Waals surface area contributed by atoms with E-state index in [9.17, 15) is 0 Å². The number of benzene rings is 2. The third kappa shape index (κ3) is 3.77. The van der Waals surface area contributed by atoms with Gasteiger partial charge in [0.25, 0.3) is 0 Å². The molecule has 0 radical (unpaired) electrons. The zero-order valence-electron chi connectivity index (χ0n) is 10.00. The number of rotatable bonds is 4. The third-order valence-electron chi connectivity index (χ3n) is 2.55. The van der Waals surface area contributed by atoms with Gasteiger partial charge >= 0.3 is 0 Å². The van der Waals surface area contributed by atoms with Crippen molar-refractivity contribution < 1.29 is 4.74 Å². The maximum Gasteiger partial charge on any atom is 0.146 e. The summed E-state index contributed by atoms with van der Waals surface area (Å²) in [4.78, 5) is 0. The number of ether oxygens (including phenoxy) is 1. The van der Waals surface area contributed by atoms with Gasteiger partial charge in [-0.1, -0.05) is 34.8 Å². The minimum absolute atomic E-state index is 0.459. The highest BCUT2D eigenvalue weighted by molar-refractivity contribution is 6.35. The van der Waals surface area contributed by atoms with Crippen LogP contribution in [0.15, 0.2) is 36.4 Å². The Morgan fingerprint density at radius 3 is 2.16 bits per heavy atom. The van der Waals surface area contributed by atoms with Crippen LogP contribution in [0.25, 0.3) is 0 Å². The molecule has 0 aliphatic carbocycles. The van der Waals surface area contributed by atoms with E-state index in [1.807, 2.05) is 6.07 Å². The molecule has 0 aliphatic heterocycles. The largest absolute Gasteiger partial charge is 0.456 e. The summed E-state index contributed by atoms with van der Waals surface area (Å²) in [6.45, 7) is 0.519. The molecule has 0 atom stereocenters. The molecule has 0 heterocycles. The van der Waals surface area contributed by atoms with Gasteiger partial charge in [-0.25, -0.2) is 0 Å². The number of nitrogens with two attached hydrogens (primary N) is 1. The lowest BCUT2D eigenvalue weighted by atomic mass is 10.1. The van der Waals surface area contributed by atoms with Crippen molar-refractivity contribution in [2.24, 2.45) is 5.73 Å². The SMILES string of the molecule is NCCc1cc(Cl)ccc1Oc1ccc(Cl)cc1Cl. The number of hydrogen-bond acceptors (Lipinski definition) is 2. The van der Waals surface area contributed by atoms with E-state index in [2.05, 4.69) is 0 Å². The van der Waals surface area contributed by atoms with Crippen molar-refractivity contribution >= 4 is 34.8 Å². The second-order valence-corrected chi connectivity index (χ2v) is 5.25. The van der Waals surface area contributed by atoms with Crippen LogP contribution >= 0.6 is 34.8 Å². The van der Waals surface area contributed by atoms with Crippen molar-refractivity contribution in [3.63, 3.8) is 0 Å². The third-order valence-corrected chi connectivity index (χ3v) is 3.32. The molecule has 0 bridgehead atoms. The summed E-state index contributed by atoms with van der Waals surface area (Å²) in [6, 6.07) is 10.5. The van der Waals surface area contributed by atoms with Gasteiger partial charge in [0.2, 0.25) is 0 Å². The van der Waals surface area contributed by atoms with Gasteiger partial charge in [0.05, 0.1) is 5.02 Å². The molecule has 2 rings (SSSR count). The van der Waals surface area contributed by atoms with E-state index in [1.54, 1.807) is 30.3 Å². The van der Waals surface area contributed by atoms with Gasteiger partial charge in [-0.2, -0.15) is 0 Å². The smallest absolute Gasteiger partial charge is 0.146 e. The highest BCUT2D eigenvalue weighted by atomic mass is 35.5. The number of hydrogen-bond donors (Lipinski definition) is 1. The van der Waals surface area contributed by atoms with Crippen molar-refractivity contribution in [1.82, 2.24) is 0 Å². The average molecular weight is 317 g/mol. The predicted molar refractivity (Wildman–Crippen MR) is 80.7 cm³/mol. The summed E-state index contributed by atoms with van der Waals surface area (Å²) < 4.78 is 5.80. The van der Waals surface area contributed by atoms with E-state index in [1.165, 1.54) is 0 Å². The fourth-order valence-corrected chi connectivity index (χ4v) is 2.32. The first-order valence-electron chi connectivity index (χ1n) is 5.71. The van der Waals surface area contributed by atoms with Crippen LogP contribution in [0, 0.1) is 0 Å². The lowest BCUT2D eigenvalue weighted by Gasteiger charge is -2.12. The van der Waals surface area contributed by atoms with Crippen molar-refractivity contribution in [1.29, 1.82) is 0 Å². The van der Waals surface area contributed by atoms with E-state index < -0.39 is 0 Å². The van der Waals surface area contributed by atoms with Crippen LogP contribution < -0.4 is 10.5 Å². The summed E-state index contributed by atoms with van der Waals surface area (Å²) in [5, 5.41) is 1.68. The Hall–Kier alpha value is -0.930. The summed E-state index contributed by atoms with van der Waals surface area (Å²) in [6.07, 6.45) is 0.682. The molecule has 0 amide bonds. The Morgan fingerprint density at radius 2 is 1.53 bits per heavy atom. The zero-order valence-corrected chi connectivity index (χ0v) is 12.3. The summed E-state index contributed by atoms with van der Waals surface area (Å²) in [5.74, 6) is 1.24. The second kappa shape index (κ2) is 6.49. The quantitative estimate of drug-likeness (QED) is 0.867. The van der Waals surface area contributed by atoms with Crippen molar-refractivity contribution in [3.8, 4) is 11.5 Å². The molecule has 100 valence electrons. The van der Waals surface area contributed by atoms with Gasteiger partial charge in [0, 0.05) is 10.0 Å². The molecule has 2 nitrogen and oxygen atoms in total. The van der Waals surface area contributed by atoms with Crippen molar-refractivity contribution in [2.45, 2.75) is 6.42 Å². The van der Waals surface area contributed by atoms with Gasteiger partial charge in [-0.05, 0) is 54.9 Å². The molecule has 0 saturated carbocycles. The van der Waals surface area contributed by atoms with E-state index in [-0.39, 0.29) is 0 Å².